The van der Waals surface area contributed by atoms with Crippen LogP contribution in [0.4, 0.5) is 0 Å². The van der Waals surface area contributed by atoms with E-state index in [-0.39, 0.29) is 24.3 Å². The maximum atomic E-state index is 12.2. The molecule has 1 amide bonds. The molecule has 1 saturated heterocycles. The summed E-state index contributed by atoms with van der Waals surface area (Å²) in [6, 6.07) is 13.5. The molecular weight excluding hydrogens is 376 g/mol. The van der Waals surface area contributed by atoms with Gasteiger partial charge in [0.2, 0.25) is 0 Å². The minimum Gasteiger partial charge on any atom is -0.459 e. The Morgan fingerprint density at radius 1 is 1.21 bits per heavy atom. The van der Waals surface area contributed by atoms with Crippen LogP contribution in [-0.2, 0) is 17.8 Å². The highest BCUT2D eigenvalue weighted by molar-refractivity contribution is 7.99. The minimum absolute atomic E-state index is 0.271. The van der Waals surface area contributed by atoms with Crippen molar-refractivity contribution in [2.75, 3.05) is 12.4 Å². The van der Waals surface area contributed by atoms with Crippen LogP contribution in [0.1, 0.15) is 34.8 Å². The molecular formula is C20H22N4O3S. The first-order valence-electron chi connectivity index (χ1n) is 9.31. The fraction of sp³-hybridized carbons (Fsp3) is 0.350. The summed E-state index contributed by atoms with van der Waals surface area (Å²) < 4.78 is 12.9. The lowest BCUT2D eigenvalue weighted by Crippen LogP contribution is -2.24. The first-order chi connectivity index (χ1) is 13.8. The summed E-state index contributed by atoms with van der Waals surface area (Å²) >= 11 is 1.65. The third-order valence-corrected chi connectivity index (χ3v) is 5.65. The molecule has 1 aliphatic rings. The van der Waals surface area contributed by atoms with Crippen LogP contribution in [0.15, 0.2) is 58.3 Å². The van der Waals surface area contributed by atoms with E-state index in [0.29, 0.717) is 12.4 Å². The van der Waals surface area contributed by atoms with E-state index in [9.17, 15) is 4.79 Å². The molecule has 1 atom stereocenters. The van der Waals surface area contributed by atoms with Crippen molar-refractivity contribution in [1.82, 2.24) is 20.1 Å². The van der Waals surface area contributed by atoms with Crippen molar-refractivity contribution in [3.63, 3.8) is 0 Å². The van der Waals surface area contributed by atoms with Crippen LogP contribution in [0, 0.1) is 0 Å². The lowest BCUT2D eigenvalue weighted by atomic mass is 10.2. The average Bonchev–Trinajstić information content (AvgIpc) is 3.48. The fourth-order valence-electron chi connectivity index (χ4n) is 3.08. The summed E-state index contributed by atoms with van der Waals surface area (Å²) in [6.07, 6.45) is 3.96. The lowest BCUT2D eigenvalue weighted by molar-refractivity contribution is 0.0921. The fourth-order valence-corrected chi connectivity index (χ4v) is 4.10. The van der Waals surface area contributed by atoms with E-state index in [1.807, 2.05) is 18.2 Å². The van der Waals surface area contributed by atoms with Crippen molar-refractivity contribution in [2.45, 2.75) is 37.2 Å². The van der Waals surface area contributed by atoms with Crippen LogP contribution in [0.25, 0.3) is 0 Å². The van der Waals surface area contributed by atoms with Crippen LogP contribution >= 0.6 is 11.8 Å². The molecule has 1 N–H and O–H groups in total. The maximum Gasteiger partial charge on any atom is 0.287 e. The number of amides is 1. The molecule has 3 aromatic rings. The molecule has 0 radical (unpaired) electrons. The summed E-state index contributed by atoms with van der Waals surface area (Å²) in [6.45, 7) is 1.76. The van der Waals surface area contributed by atoms with Crippen molar-refractivity contribution in [2.24, 2.45) is 0 Å². The van der Waals surface area contributed by atoms with Gasteiger partial charge in [-0.15, -0.1) is 10.2 Å². The molecule has 7 nitrogen and oxygen atoms in total. The van der Waals surface area contributed by atoms with Gasteiger partial charge in [0.25, 0.3) is 5.91 Å². The molecule has 0 aliphatic carbocycles. The Labute approximate surface area is 167 Å². The van der Waals surface area contributed by atoms with Gasteiger partial charge in [-0.1, -0.05) is 42.1 Å². The molecule has 146 valence electrons. The molecule has 0 spiro atoms. The second-order valence-corrected chi connectivity index (χ2v) is 7.56. The number of hydrogen-bond donors (Lipinski definition) is 1. The van der Waals surface area contributed by atoms with Crippen LogP contribution in [0.5, 0.6) is 0 Å². The SMILES string of the molecule is O=C(NCc1nnc(SC[C@H]2CCCO2)n1Cc1ccccc1)c1ccco1. The Kier molecular flexibility index (Phi) is 6.08. The van der Waals surface area contributed by atoms with Gasteiger partial charge in [0.1, 0.15) is 0 Å². The molecule has 3 heterocycles. The zero-order valence-electron chi connectivity index (χ0n) is 15.4. The maximum absolute atomic E-state index is 12.2. The standard InChI is InChI=1S/C20H22N4O3S/c25-19(17-9-5-11-27-17)21-12-18-22-23-20(28-14-16-8-4-10-26-16)24(18)13-15-6-2-1-3-7-15/h1-3,5-7,9,11,16H,4,8,10,12-14H2,(H,21,25)/t16-/m1/s1. The van der Waals surface area contributed by atoms with E-state index in [4.69, 9.17) is 9.15 Å². The van der Waals surface area contributed by atoms with E-state index < -0.39 is 0 Å². The molecule has 1 aromatic carbocycles. The summed E-state index contributed by atoms with van der Waals surface area (Å²) in [4.78, 5) is 12.2. The number of ether oxygens (including phenoxy) is 1. The van der Waals surface area contributed by atoms with Gasteiger partial charge < -0.3 is 19.0 Å². The topological polar surface area (TPSA) is 82.2 Å². The van der Waals surface area contributed by atoms with Gasteiger partial charge in [0.15, 0.2) is 16.7 Å². The highest BCUT2D eigenvalue weighted by Crippen LogP contribution is 2.24. The van der Waals surface area contributed by atoms with Gasteiger partial charge in [0.05, 0.1) is 25.5 Å². The molecule has 0 unspecified atom stereocenters. The van der Waals surface area contributed by atoms with E-state index in [0.717, 1.165) is 35.9 Å². The van der Waals surface area contributed by atoms with Gasteiger partial charge in [-0.3, -0.25) is 4.79 Å². The third kappa shape index (κ3) is 4.63. The zero-order valence-corrected chi connectivity index (χ0v) is 16.2. The highest BCUT2D eigenvalue weighted by atomic mass is 32.2. The lowest BCUT2D eigenvalue weighted by Gasteiger charge is -2.12. The quantitative estimate of drug-likeness (QED) is 0.587. The Hall–Kier alpha value is -2.58. The van der Waals surface area contributed by atoms with E-state index in [2.05, 4.69) is 32.2 Å². The van der Waals surface area contributed by atoms with Crippen molar-refractivity contribution in [1.29, 1.82) is 0 Å². The monoisotopic (exact) mass is 398 g/mol. The Balaban J connectivity index is 1.48. The van der Waals surface area contributed by atoms with Gasteiger partial charge in [-0.05, 0) is 30.5 Å². The molecule has 28 heavy (non-hydrogen) atoms. The van der Waals surface area contributed by atoms with Crippen molar-refractivity contribution in [3.8, 4) is 0 Å². The molecule has 1 fully saturated rings. The summed E-state index contributed by atoms with van der Waals surface area (Å²) in [7, 11) is 0. The van der Waals surface area contributed by atoms with Crippen LogP contribution in [-0.4, -0.2) is 39.1 Å². The number of rotatable bonds is 8. The number of aromatic nitrogens is 3. The number of carbonyl (C=O) groups excluding carboxylic acids is 1. The first kappa shape index (κ1) is 18.8. The molecule has 8 heteroatoms. The zero-order chi connectivity index (χ0) is 19.2. The molecule has 2 aromatic heterocycles. The average molecular weight is 398 g/mol. The van der Waals surface area contributed by atoms with Crippen molar-refractivity contribution >= 4 is 17.7 Å². The molecule has 0 bridgehead atoms. The number of benzene rings is 1. The number of furan rings is 1. The van der Waals surface area contributed by atoms with E-state index in [1.54, 1.807) is 23.9 Å². The Morgan fingerprint density at radius 3 is 2.86 bits per heavy atom. The van der Waals surface area contributed by atoms with Gasteiger partial charge in [-0.2, -0.15) is 0 Å². The van der Waals surface area contributed by atoms with Crippen LogP contribution in [0.2, 0.25) is 0 Å². The second-order valence-electron chi connectivity index (χ2n) is 6.58. The van der Waals surface area contributed by atoms with Crippen LogP contribution < -0.4 is 5.32 Å². The van der Waals surface area contributed by atoms with Gasteiger partial charge >= 0.3 is 0 Å². The highest BCUT2D eigenvalue weighted by Gasteiger charge is 2.19. The number of nitrogens with zero attached hydrogens (tertiary/aromatic N) is 3. The normalized spacial score (nSPS) is 16.4. The van der Waals surface area contributed by atoms with E-state index >= 15 is 0 Å². The Morgan fingerprint density at radius 2 is 2.11 bits per heavy atom. The number of nitrogens with one attached hydrogen (secondary N) is 1. The third-order valence-electron chi connectivity index (χ3n) is 4.55. The number of hydrogen-bond acceptors (Lipinski definition) is 6. The Bertz CT molecular complexity index is 890. The van der Waals surface area contributed by atoms with Gasteiger partial charge in [-0.25, -0.2) is 0 Å². The van der Waals surface area contributed by atoms with Crippen molar-refractivity contribution < 1.29 is 13.9 Å². The molecule has 1 aliphatic heterocycles. The number of carbonyl (C=O) groups is 1. The summed E-state index contributed by atoms with van der Waals surface area (Å²) in [5, 5.41) is 12.4. The number of thioether (sulfide) groups is 1. The van der Waals surface area contributed by atoms with Gasteiger partial charge in [0, 0.05) is 12.4 Å². The predicted molar refractivity (Wildman–Crippen MR) is 105 cm³/mol. The first-order valence-corrected chi connectivity index (χ1v) is 10.3. The predicted octanol–water partition coefficient (Wildman–Crippen LogP) is 3.12. The summed E-state index contributed by atoms with van der Waals surface area (Å²) in [5.74, 6) is 1.57. The largest absolute Gasteiger partial charge is 0.459 e. The summed E-state index contributed by atoms with van der Waals surface area (Å²) in [5.41, 5.74) is 1.15. The van der Waals surface area contributed by atoms with E-state index in [1.165, 1.54) is 6.26 Å². The molecule has 4 rings (SSSR count). The second kappa shape index (κ2) is 9.07. The van der Waals surface area contributed by atoms with Crippen molar-refractivity contribution in [3.05, 3.63) is 65.9 Å². The smallest absolute Gasteiger partial charge is 0.287 e. The minimum atomic E-state index is -0.271. The van der Waals surface area contributed by atoms with Crippen LogP contribution in [0.3, 0.4) is 0 Å². The molecule has 0 saturated carbocycles.